The van der Waals surface area contributed by atoms with Gasteiger partial charge in [-0.2, -0.15) is 0 Å². The fraction of sp³-hybridized carbons (Fsp3) is 0.308. The lowest BCUT2D eigenvalue weighted by molar-refractivity contribution is 0.0928. The molecule has 1 aliphatic heterocycles. The molecule has 0 aliphatic carbocycles. The minimum absolute atomic E-state index is 0.155. The molecule has 0 N–H and O–H groups in total. The summed E-state index contributed by atoms with van der Waals surface area (Å²) >= 11 is 0. The monoisotopic (exact) mass is 231 g/mol. The van der Waals surface area contributed by atoms with Crippen LogP contribution in [0.1, 0.15) is 16.9 Å². The van der Waals surface area contributed by atoms with Gasteiger partial charge in [0.2, 0.25) is 5.91 Å². The average molecular weight is 231 g/mol. The number of ether oxygens (including phenoxy) is 2. The topological polar surface area (TPSA) is 40.5 Å². The van der Waals surface area contributed by atoms with Crippen molar-refractivity contribution < 1.29 is 14.3 Å². The Labute approximate surface area is 98.7 Å². The predicted molar refractivity (Wildman–Crippen MR) is 64.0 cm³/mol. The zero-order chi connectivity index (χ0) is 12.0. The van der Waals surface area contributed by atoms with E-state index in [4.69, 9.17) is 9.47 Å². The number of nitrogens with zero attached hydrogens (tertiary/aromatic N) is 1. The Hall–Kier alpha value is -1.97. The predicted octanol–water partition coefficient (Wildman–Crippen LogP) is 2.24. The number of hydrogen-bond acceptors (Lipinski definition) is 3. The summed E-state index contributed by atoms with van der Waals surface area (Å²) in [4.78, 5) is 11.8. The van der Waals surface area contributed by atoms with Crippen LogP contribution in [0.25, 0.3) is 10.9 Å². The van der Waals surface area contributed by atoms with Crippen LogP contribution in [0.3, 0.4) is 0 Å². The Balaban J connectivity index is 2.32. The number of carbonyl (C=O) groups is 1. The third-order valence-electron chi connectivity index (χ3n) is 3.23. The second-order valence-corrected chi connectivity index (χ2v) is 4.13. The third kappa shape index (κ3) is 1.33. The lowest BCUT2D eigenvalue weighted by atomic mass is 10.2. The second kappa shape index (κ2) is 3.52. The van der Waals surface area contributed by atoms with Crippen LogP contribution in [0, 0.1) is 0 Å². The van der Waals surface area contributed by atoms with Crippen LogP contribution >= 0.6 is 0 Å². The normalized spacial score (nSPS) is 14.1. The first-order chi connectivity index (χ1) is 8.24. The van der Waals surface area contributed by atoms with E-state index in [2.05, 4.69) is 0 Å². The molecule has 2 aromatic rings. The first-order valence-electron chi connectivity index (χ1n) is 5.54. The quantitative estimate of drug-likeness (QED) is 0.795. The fourth-order valence-corrected chi connectivity index (χ4v) is 2.42. The highest BCUT2D eigenvalue weighted by Gasteiger charge is 2.22. The number of carbonyl (C=O) groups excluding carboxylic acids is 1. The van der Waals surface area contributed by atoms with Gasteiger partial charge in [-0.25, -0.2) is 0 Å². The van der Waals surface area contributed by atoms with Crippen LogP contribution in [0.15, 0.2) is 18.2 Å². The zero-order valence-corrected chi connectivity index (χ0v) is 9.82. The highest BCUT2D eigenvalue weighted by molar-refractivity contribution is 5.97. The molecule has 0 spiro atoms. The van der Waals surface area contributed by atoms with E-state index in [0.717, 1.165) is 23.0 Å². The molecule has 2 heterocycles. The standard InChI is InChI=1S/C13H13NO3/c1-16-11-6-8-5-9-3-4-13(15)14(9)10(8)7-12(11)17-2/h5-7H,3-4H2,1-2H3. The van der Waals surface area contributed by atoms with Gasteiger partial charge in [0.05, 0.1) is 19.7 Å². The molecule has 0 atom stereocenters. The molecule has 1 aromatic carbocycles. The van der Waals surface area contributed by atoms with Crippen molar-refractivity contribution in [1.29, 1.82) is 0 Å². The highest BCUT2D eigenvalue weighted by atomic mass is 16.5. The SMILES string of the molecule is COc1cc2cc3n(c2cc1OC)C(=O)CC3. The van der Waals surface area contributed by atoms with Gasteiger partial charge in [0.15, 0.2) is 11.5 Å². The van der Waals surface area contributed by atoms with Crippen molar-refractivity contribution in [3.8, 4) is 11.5 Å². The highest BCUT2D eigenvalue weighted by Crippen LogP contribution is 2.35. The van der Waals surface area contributed by atoms with Crippen molar-refractivity contribution in [3.63, 3.8) is 0 Å². The first-order valence-corrected chi connectivity index (χ1v) is 5.54. The van der Waals surface area contributed by atoms with Gasteiger partial charge < -0.3 is 9.47 Å². The minimum atomic E-state index is 0.155. The number of rotatable bonds is 2. The van der Waals surface area contributed by atoms with Crippen molar-refractivity contribution in [2.24, 2.45) is 0 Å². The van der Waals surface area contributed by atoms with Crippen LogP contribution in [0.4, 0.5) is 0 Å². The molecular weight excluding hydrogens is 218 g/mol. The molecule has 3 rings (SSSR count). The molecule has 17 heavy (non-hydrogen) atoms. The van der Waals surface area contributed by atoms with Gasteiger partial charge in [0.1, 0.15) is 0 Å². The Morgan fingerprint density at radius 3 is 2.47 bits per heavy atom. The average Bonchev–Trinajstić information content (AvgIpc) is 2.87. The van der Waals surface area contributed by atoms with Crippen molar-refractivity contribution >= 4 is 16.8 Å². The molecule has 4 nitrogen and oxygen atoms in total. The van der Waals surface area contributed by atoms with E-state index in [-0.39, 0.29) is 5.91 Å². The summed E-state index contributed by atoms with van der Waals surface area (Å²) in [6.07, 6.45) is 1.41. The lowest BCUT2D eigenvalue weighted by Gasteiger charge is -2.08. The van der Waals surface area contributed by atoms with E-state index in [1.165, 1.54) is 0 Å². The molecule has 0 radical (unpaired) electrons. The molecule has 0 saturated heterocycles. The van der Waals surface area contributed by atoms with Crippen LogP contribution in [0.2, 0.25) is 0 Å². The summed E-state index contributed by atoms with van der Waals surface area (Å²) < 4.78 is 12.3. The number of methoxy groups -OCH3 is 2. The van der Waals surface area contributed by atoms with Gasteiger partial charge in [-0.15, -0.1) is 0 Å². The van der Waals surface area contributed by atoms with Crippen LogP contribution in [-0.4, -0.2) is 24.7 Å². The Kier molecular flexibility index (Phi) is 2.11. The Morgan fingerprint density at radius 1 is 1.06 bits per heavy atom. The zero-order valence-electron chi connectivity index (χ0n) is 9.82. The van der Waals surface area contributed by atoms with E-state index in [1.54, 1.807) is 18.8 Å². The van der Waals surface area contributed by atoms with E-state index in [1.807, 2.05) is 18.2 Å². The maximum atomic E-state index is 11.8. The Morgan fingerprint density at radius 2 is 1.76 bits per heavy atom. The van der Waals surface area contributed by atoms with Crippen molar-refractivity contribution in [2.45, 2.75) is 12.8 Å². The summed E-state index contributed by atoms with van der Waals surface area (Å²) in [5.74, 6) is 1.50. The van der Waals surface area contributed by atoms with Crippen LogP contribution in [-0.2, 0) is 6.42 Å². The van der Waals surface area contributed by atoms with Gasteiger partial charge in [0, 0.05) is 23.6 Å². The fourth-order valence-electron chi connectivity index (χ4n) is 2.42. The number of benzene rings is 1. The summed E-state index contributed by atoms with van der Waals surface area (Å²) in [6.45, 7) is 0. The molecule has 88 valence electrons. The molecule has 0 saturated carbocycles. The molecule has 1 aliphatic rings. The number of hydrogen-bond donors (Lipinski definition) is 0. The summed E-state index contributed by atoms with van der Waals surface area (Å²) in [5.41, 5.74) is 1.97. The van der Waals surface area contributed by atoms with E-state index >= 15 is 0 Å². The molecule has 0 amide bonds. The van der Waals surface area contributed by atoms with E-state index < -0.39 is 0 Å². The number of aromatic nitrogens is 1. The van der Waals surface area contributed by atoms with Gasteiger partial charge in [-0.05, 0) is 18.6 Å². The maximum Gasteiger partial charge on any atom is 0.231 e. The van der Waals surface area contributed by atoms with Gasteiger partial charge >= 0.3 is 0 Å². The van der Waals surface area contributed by atoms with E-state index in [9.17, 15) is 4.79 Å². The van der Waals surface area contributed by atoms with Gasteiger partial charge in [0.25, 0.3) is 0 Å². The lowest BCUT2D eigenvalue weighted by Crippen LogP contribution is -2.03. The molecule has 1 aromatic heterocycles. The molecule has 0 bridgehead atoms. The van der Waals surface area contributed by atoms with Gasteiger partial charge in [-0.3, -0.25) is 9.36 Å². The Bertz CT molecular complexity index is 613. The van der Waals surface area contributed by atoms with E-state index in [0.29, 0.717) is 17.9 Å². The number of aryl methyl sites for hydroxylation is 1. The van der Waals surface area contributed by atoms with Crippen molar-refractivity contribution in [2.75, 3.05) is 14.2 Å². The van der Waals surface area contributed by atoms with Crippen LogP contribution < -0.4 is 9.47 Å². The second-order valence-electron chi connectivity index (χ2n) is 4.13. The first kappa shape index (κ1) is 10.2. The van der Waals surface area contributed by atoms with Crippen molar-refractivity contribution in [3.05, 3.63) is 23.9 Å². The molecular formula is C13H13NO3. The summed E-state index contributed by atoms with van der Waals surface area (Å²) in [6, 6.07) is 5.82. The summed E-state index contributed by atoms with van der Waals surface area (Å²) in [5, 5.41) is 1.02. The summed E-state index contributed by atoms with van der Waals surface area (Å²) in [7, 11) is 3.21. The number of fused-ring (bicyclic) bond motifs is 3. The van der Waals surface area contributed by atoms with Gasteiger partial charge in [-0.1, -0.05) is 0 Å². The maximum absolute atomic E-state index is 11.8. The molecule has 0 unspecified atom stereocenters. The minimum Gasteiger partial charge on any atom is -0.493 e. The molecule has 4 heteroatoms. The molecule has 0 fully saturated rings. The largest absolute Gasteiger partial charge is 0.493 e. The third-order valence-corrected chi connectivity index (χ3v) is 3.23. The smallest absolute Gasteiger partial charge is 0.231 e. The van der Waals surface area contributed by atoms with Crippen LogP contribution in [0.5, 0.6) is 11.5 Å². The van der Waals surface area contributed by atoms with Crippen molar-refractivity contribution in [1.82, 2.24) is 4.57 Å².